The van der Waals surface area contributed by atoms with Gasteiger partial charge in [-0.1, -0.05) is 6.07 Å². The third-order valence-corrected chi connectivity index (χ3v) is 3.77. The minimum absolute atomic E-state index is 0.0551. The molecule has 0 saturated carbocycles. The Kier molecular flexibility index (Phi) is 4.14. The van der Waals surface area contributed by atoms with Gasteiger partial charge in [0.25, 0.3) is 5.69 Å². The number of nitrogens with one attached hydrogen (secondary N) is 1. The fourth-order valence-corrected chi connectivity index (χ4v) is 2.54. The monoisotopic (exact) mass is 316 g/mol. The number of benzene rings is 2. The highest BCUT2D eigenvalue weighted by Crippen LogP contribution is 2.35. The van der Waals surface area contributed by atoms with Gasteiger partial charge in [-0.2, -0.15) is 0 Å². The number of methoxy groups -OCH3 is 1. The van der Waals surface area contributed by atoms with Crippen LogP contribution in [-0.4, -0.2) is 23.7 Å². The molecule has 0 bridgehead atoms. The zero-order valence-electron chi connectivity index (χ0n) is 12.4. The smallest absolute Gasteiger partial charge is 0.269 e. The van der Waals surface area contributed by atoms with E-state index in [-0.39, 0.29) is 23.8 Å². The summed E-state index contributed by atoms with van der Waals surface area (Å²) in [4.78, 5) is 10.3. The van der Waals surface area contributed by atoms with Crippen LogP contribution in [0.5, 0.6) is 11.5 Å². The molecule has 120 valence electrons. The number of nitrogens with zero attached hydrogens (tertiary/aromatic N) is 1. The molecule has 2 atom stereocenters. The van der Waals surface area contributed by atoms with E-state index in [9.17, 15) is 15.2 Å². The van der Waals surface area contributed by atoms with Gasteiger partial charge >= 0.3 is 0 Å². The summed E-state index contributed by atoms with van der Waals surface area (Å²) in [5, 5.41) is 23.6. The van der Waals surface area contributed by atoms with E-state index in [1.165, 1.54) is 19.2 Å². The summed E-state index contributed by atoms with van der Waals surface area (Å²) < 4.78 is 11.1. The average molecular weight is 316 g/mol. The van der Waals surface area contributed by atoms with E-state index in [2.05, 4.69) is 5.32 Å². The standard InChI is InChI=1S/C16H16N2O5/c1-22-14-8-11(4-7-13(14)19)16-17-9-15(23-16)10-2-5-12(6-3-10)18(20)21/h2-8,15-17,19H,9H2,1H3/t15-,16+/m0/s1. The highest BCUT2D eigenvalue weighted by Gasteiger charge is 2.28. The van der Waals surface area contributed by atoms with Crippen molar-refractivity contribution in [3.05, 3.63) is 63.7 Å². The van der Waals surface area contributed by atoms with Gasteiger partial charge in [0.1, 0.15) is 6.23 Å². The molecule has 23 heavy (non-hydrogen) atoms. The second-order valence-electron chi connectivity index (χ2n) is 5.19. The molecule has 1 aliphatic heterocycles. The van der Waals surface area contributed by atoms with Crippen molar-refractivity contribution in [2.45, 2.75) is 12.3 Å². The lowest BCUT2D eigenvalue weighted by Gasteiger charge is -2.14. The van der Waals surface area contributed by atoms with Crippen molar-refractivity contribution < 1.29 is 19.5 Å². The molecular formula is C16H16N2O5. The second kappa shape index (κ2) is 6.23. The van der Waals surface area contributed by atoms with E-state index in [1.807, 2.05) is 0 Å². The molecule has 7 heteroatoms. The van der Waals surface area contributed by atoms with Crippen LogP contribution in [0.4, 0.5) is 5.69 Å². The van der Waals surface area contributed by atoms with Gasteiger partial charge in [-0.25, -0.2) is 0 Å². The van der Waals surface area contributed by atoms with E-state index in [0.29, 0.717) is 12.3 Å². The number of aromatic hydroxyl groups is 1. The molecule has 0 aromatic heterocycles. The summed E-state index contributed by atoms with van der Waals surface area (Å²) in [6, 6.07) is 11.4. The molecule has 2 aromatic rings. The maximum absolute atomic E-state index is 10.7. The van der Waals surface area contributed by atoms with Gasteiger partial charge in [0, 0.05) is 18.7 Å². The predicted molar refractivity (Wildman–Crippen MR) is 82.3 cm³/mol. The molecule has 1 aliphatic rings. The number of nitro benzene ring substituents is 1. The molecule has 0 aliphatic carbocycles. The van der Waals surface area contributed by atoms with Crippen LogP contribution in [0.3, 0.4) is 0 Å². The molecule has 1 heterocycles. The van der Waals surface area contributed by atoms with E-state index >= 15 is 0 Å². The number of non-ortho nitro benzene ring substituents is 1. The summed E-state index contributed by atoms with van der Waals surface area (Å²) in [6.45, 7) is 0.589. The van der Waals surface area contributed by atoms with Crippen LogP contribution >= 0.6 is 0 Å². The van der Waals surface area contributed by atoms with Crippen molar-refractivity contribution in [3.63, 3.8) is 0 Å². The Labute approximate surface area is 132 Å². The lowest BCUT2D eigenvalue weighted by molar-refractivity contribution is -0.384. The second-order valence-corrected chi connectivity index (χ2v) is 5.19. The Morgan fingerprint density at radius 1 is 1.26 bits per heavy atom. The van der Waals surface area contributed by atoms with Crippen molar-refractivity contribution >= 4 is 5.69 Å². The van der Waals surface area contributed by atoms with Crippen molar-refractivity contribution in [1.29, 1.82) is 0 Å². The van der Waals surface area contributed by atoms with Crippen molar-refractivity contribution in [2.75, 3.05) is 13.7 Å². The summed E-state index contributed by atoms with van der Waals surface area (Å²) >= 11 is 0. The van der Waals surface area contributed by atoms with Gasteiger partial charge in [-0.3, -0.25) is 15.4 Å². The van der Waals surface area contributed by atoms with E-state index in [0.717, 1.165) is 11.1 Å². The predicted octanol–water partition coefficient (Wildman–Crippen LogP) is 2.67. The van der Waals surface area contributed by atoms with Crippen LogP contribution in [-0.2, 0) is 4.74 Å². The maximum atomic E-state index is 10.7. The maximum Gasteiger partial charge on any atom is 0.269 e. The summed E-state index contributed by atoms with van der Waals surface area (Å²) in [7, 11) is 1.49. The molecule has 1 saturated heterocycles. The fourth-order valence-electron chi connectivity index (χ4n) is 2.54. The largest absolute Gasteiger partial charge is 0.504 e. The third-order valence-electron chi connectivity index (χ3n) is 3.77. The lowest BCUT2D eigenvalue weighted by Crippen LogP contribution is -2.14. The number of nitro groups is 1. The lowest BCUT2D eigenvalue weighted by atomic mass is 10.1. The SMILES string of the molecule is COc1cc([C@@H]2NC[C@@H](c3ccc([N+](=O)[O-])cc3)O2)ccc1O. The number of rotatable bonds is 4. The van der Waals surface area contributed by atoms with Gasteiger partial charge in [0.2, 0.25) is 0 Å². The first kappa shape index (κ1) is 15.3. The molecule has 2 N–H and O–H groups in total. The first-order chi connectivity index (χ1) is 11.1. The summed E-state index contributed by atoms with van der Waals surface area (Å²) in [5.74, 6) is 0.452. The zero-order chi connectivity index (χ0) is 16.4. The molecule has 1 fully saturated rings. The van der Waals surface area contributed by atoms with E-state index in [4.69, 9.17) is 9.47 Å². The molecule has 0 radical (unpaired) electrons. The van der Waals surface area contributed by atoms with Gasteiger partial charge in [0.15, 0.2) is 11.5 Å². The number of hydrogen-bond acceptors (Lipinski definition) is 6. The van der Waals surface area contributed by atoms with Crippen LogP contribution in [0.1, 0.15) is 23.5 Å². The van der Waals surface area contributed by atoms with E-state index in [1.54, 1.807) is 30.3 Å². The zero-order valence-corrected chi connectivity index (χ0v) is 12.4. The Balaban J connectivity index is 1.74. The molecule has 0 amide bonds. The normalized spacial score (nSPS) is 20.4. The first-order valence-corrected chi connectivity index (χ1v) is 7.08. The van der Waals surface area contributed by atoms with Gasteiger partial charge < -0.3 is 14.6 Å². The molecule has 0 spiro atoms. The highest BCUT2D eigenvalue weighted by molar-refractivity contribution is 5.42. The van der Waals surface area contributed by atoms with Gasteiger partial charge in [0.05, 0.1) is 18.1 Å². The summed E-state index contributed by atoms with van der Waals surface area (Å²) in [5.41, 5.74) is 1.76. The van der Waals surface area contributed by atoms with E-state index < -0.39 is 4.92 Å². The van der Waals surface area contributed by atoms with Crippen LogP contribution in [0.15, 0.2) is 42.5 Å². The van der Waals surface area contributed by atoms with Gasteiger partial charge in [-0.15, -0.1) is 0 Å². The van der Waals surface area contributed by atoms with Crippen molar-refractivity contribution in [3.8, 4) is 11.5 Å². The molecule has 2 aromatic carbocycles. The Morgan fingerprint density at radius 2 is 1.96 bits per heavy atom. The Hall–Kier alpha value is -2.64. The third kappa shape index (κ3) is 3.10. The summed E-state index contributed by atoms with van der Waals surface area (Å²) in [6.07, 6.45) is -0.523. The Bertz CT molecular complexity index is 717. The molecule has 7 nitrogen and oxygen atoms in total. The fraction of sp³-hybridized carbons (Fsp3) is 0.250. The topological polar surface area (TPSA) is 93.9 Å². The number of phenols is 1. The molecule has 0 unspecified atom stereocenters. The first-order valence-electron chi connectivity index (χ1n) is 7.08. The molecular weight excluding hydrogens is 300 g/mol. The Morgan fingerprint density at radius 3 is 2.61 bits per heavy atom. The highest BCUT2D eigenvalue weighted by atomic mass is 16.6. The minimum Gasteiger partial charge on any atom is -0.504 e. The van der Waals surface area contributed by atoms with Crippen LogP contribution in [0.25, 0.3) is 0 Å². The average Bonchev–Trinajstić information content (AvgIpc) is 3.05. The molecule has 3 rings (SSSR count). The number of ether oxygens (including phenoxy) is 2. The number of phenolic OH excluding ortho intramolecular Hbond substituents is 1. The number of hydrogen-bond donors (Lipinski definition) is 2. The van der Waals surface area contributed by atoms with Crippen molar-refractivity contribution in [2.24, 2.45) is 0 Å². The van der Waals surface area contributed by atoms with Crippen molar-refractivity contribution in [1.82, 2.24) is 5.32 Å². The van der Waals surface area contributed by atoms with Crippen LogP contribution in [0.2, 0.25) is 0 Å². The quantitative estimate of drug-likeness (QED) is 0.665. The van der Waals surface area contributed by atoms with Crippen LogP contribution in [0, 0.1) is 10.1 Å². The van der Waals surface area contributed by atoms with Crippen LogP contribution < -0.4 is 10.1 Å². The minimum atomic E-state index is -0.428. The van der Waals surface area contributed by atoms with Gasteiger partial charge in [-0.05, 0) is 35.4 Å².